The monoisotopic (exact) mass is 268 g/mol. The molecule has 0 unspecified atom stereocenters. The van der Waals surface area contributed by atoms with Crippen LogP contribution < -0.4 is 0 Å². The van der Waals surface area contributed by atoms with Crippen molar-refractivity contribution in [1.82, 2.24) is 9.97 Å². The van der Waals surface area contributed by atoms with Crippen LogP contribution in [0.4, 0.5) is 0 Å². The van der Waals surface area contributed by atoms with Crippen molar-refractivity contribution in [2.75, 3.05) is 0 Å². The van der Waals surface area contributed by atoms with Gasteiger partial charge in [-0.2, -0.15) is 0 Å². The summed E-state index contributed by atoms with van der Waals surface area (Å²) in [5, 5.41) is 0.326. The number of nitrogens with zero attached hydrogens (tertiary/aromatic N) is 2. The van der Waals surface area contributed by atoms with Gasteiger partial charge in [0.25, 0.3) is 0 Å². The van der Waals surface area contributed by atoms with E-state index < -0.39 is 0 Å². The molecule has 10 heavy (non-hydrogen) atoms. The third-order valence-corrected chi connectivity index (χ3v) is 2.52. The molecule has 0 saturated carbocycles. The number of aryl methyl sites for hydroxylation is 1. The van der Waals surface area contributed by atoms with Crippen LogP contribution in [0.2, 0.25) is 5.28 Å². The lowest BCUT2D eigenvalue weighted by atomic mass is 10.3. The lowest BCUT2D eigenvalue weighted by molar-refractivity contribution is 1.04. The molecule has 0 aliphatic carbocycles. The zero-order valence-electron chi connectivity index (χ0n) is 5.65. The highest BCUT2D eigenvalue weighted by molar-refractivity contribution is 14.1. The zero-order valence-corrected chi connectivity index (χ0v) is 8.56. The van der Waals surface area contributed by atoms with E-state index in [2.05, 4.69) is 32.6 Å². The lowest BCUT2D eigenvalue weighted by Gasteiger charge is -1.99. The average Bonchev–Trinajstić information content (AvgIpc) is 1.82. The maximum atomic E-state index is 5.60. The minimum atomic E-state index is 0.326. The Balaban J connectivity index is 3.31. The van der Waals surface area contributed by atoms with Crippen molar-refractivity contribution in [3.8, 4) is 0 Å². The fourth-order valence-corrected chi connectivity index (χ4v) is 1.53. The molecule has 0 bridgehead atoms. The molecule has 1 aromatic rings. The van der Waals surface area contributed by atoms with Crippen LogP contribution in [0, 0.1) is 17.5 Å². The first kappa shape index (κ1) is 8.20. The van der Waals surface area contributed by atoms with Gasteiger partial charge in [0.15, 0.2) is 0 Å². The Kier molecular flexibility index (Phi) is 2.46. The fourth-order valence-electron chi connectivity index (χ4n) is 0.561. The van der Waals surface area contributed by atoms with Crippen LogP contribution in [0.5, 0.6) is 0 Å². The van der Waals surface area contributed by atoms with Crippen molar-refractivity contribution in [2.45, 2.75) is 13.8 Å². The van der Waals surface area contributed by atoms with Gasteiger partial charge >= 0.3 is 0 Å². The lowest BCUT2D eigenvalue weighted by Crippen LogP contribution is -1.94. The second kappa shape index (κ2) is 3.00. The second-order valence-corrected chi connectivity index (χ2v) is 3.35. The fraction of sp³-hybridized carbons (Fsp3) is 0.333. The van der Waals surface area contributed by atoms with Gasteiger partial charge in [0.1, 0.15) is 3.70 Å². The highest BCUT2D eigenvalue weighted by atomic mass is 127. The van der Waals surface area contributed by atoms with Crippen molar-refractivity contribution in [1.29, 1.82) is 0 Å². The number of halogens is 2. The van der Waals surface area contributed by atoms with Crippen molar-refractivity contribution in [3.05, 3.63) is 20.2 Å². The van der Waals surface area contributed by atoms with Gasteiger partial charge in [0, 0.05) is 11.3 Å². The van der Waals surface area contributed by atoms with E-state index in [-0.39, 0.29) is 0 Å². The van der Waals surface area contributed by atoms with Gasteiger partial charge in [-0.05, 0) is 48.0 Å². The molecule has 0 amide bonds. The molecule has 0 aromatic carbocycles. The highest BCUT2D eigenvalue weighted by Crippen LogP contribution is 2.13. The first-order valence-corrected chi connectivity index (χ1v) is 4.23. The summed E-state index contributed by atoms with van der Waals surface area (Å²) >= 11 is 7.74. The minimum Gasteiger partial charge on any atom is -0.223 e. The molecule has 0 aliphatic rings. The third-order valence-electron chi connectivity index (χ3n) is 1.30. The Morgan fingerprint density at radius 3 is 2.40 bits per heavy atom. The molecule has 0 spiro atoms. The predicted octanol–water partition coefficient (Wildman–Crippen LogP) is 2.35. The first-order valence-electron chi connectivity index (χ1n) is 2.77. The molecular formula is C6H6ClIN2. The van der Waals surface area contributed by atoms with Crippen LogP contribution in [0.25, 0.3) is 0 Å². The number of hydrogen-bond donors (Lipinski definition) is 0. The van der Waals surface area contributed by atoms with Gasteiger partial charge in [-0.3, -0.25) is 0 Å². The summed E-state index contributed by atoms with van der Waals surface area (Å²) in [6, 6.07) is 0. The van der Waals surface area contributed by atoms with Gasteiger partial charge in [-0.15, -0.1) is 0 Å². The molecule has 0 N–H and O–H groups in total. The molecule has 1 rings (SSSR count). The van der Waals surface area contributed by atoms with E-state index in [9.17, 15) is 0 Å². The van der Waals surface area contributed by atoms with Crippen molar-refractivity contribution >= 4 is 34.2 Å². The molecule has 2 nitrogen and oxygen atoms in total. The van der Waals surface area contributed by atoms with E-state index in [1.165, 1.54) is 0 Å². The van der Waals surface area contributed by atoms with Crippen LogP contribution >= 0.6 is 34.2 Å². The Labute approximate surface area is 78.2 Å². The Morgan fingerprint density at radius 2 is 1.90 bits per heavy atom. The van der Waals surface area contributed by atoms with E-state index in [4.69, 9.17) is 11.6 Å². The van der Waals surface area contributed by atoms with Crippen LogP contribution in [-0.2, 0) is 0 Å². The van der Waals surface area contributed by atoms with E-state index in [0.717, 1.165) is 15.0 Å². The number of rotatable bonds is 0. The maximum Gasteiger partial charge on any atom is 0.223 e. The SMILES string of the molecule is Cc1nc(Cl)nc(I)c1C. The quantitative estimate of drug-likeness (QED) is 0.410. The van der Waals surface area contributed by atoms with Crippen LogP contribution in [0.1, 0.15) is 11.3 Å². The Hall–Kier alpha value is 0.100. The standard InChI is InChI=1S/C6H6ClIN2/c1-3-4(2)9-6(7)10-5(3)8/h1-2H3. The molecular weight excluding hydrogens is 262 g/mol. The summed E-state index contributed by atoms with van der Waals surface area (Å²) < 4.78 is 0.926. The molecule has 54 valence electrons. The summed E-state index contributed by atoms with van der Waals surface area (Å²) in [7, 11) is 0. The topological polar surface area (TPSA) is 25.8 Å². The van der Waals surface area contributed by atoms with Gasteiger partial charge in [0.05, 0.1) is 0 Å². The van der Waals surface area contributed by atoms with Crippen molar-refractivity contribution < 1.29 is 0 Å². The Morgan fingerprint density at radius 1 is 1.30 bits per heavy atom. The van der Waals surface area contributed by atoms with Gasteiger partial charge in [0.2, 0.25) is 5.28 Å². The second-order valence-electron chi connectivity index (χ2n) is 1.99. The third kappa shape index (κ3) is 1.58. The molecule has 1 heterocycles. The summed E-state index contributed by atoms with van der Waals surface area (Å²) in [6.07, 6.45) is 0. The molecule has 0 atom stereocenters. The molecule has 1 aromatic heterocycles. The molecule has 0 radical (unpaired) electrons. The molecule has 0 fully saturated rings. The van der Waals surface area contributed by atoms with Crippen LogP contribution in [-0.4, -0.2) is 9.97 Å². The Bertz CT molecular complexity index is 239. The maximum absolute atomic E-state index is 5.60. The summed E-state index contributed by atoms with van der Waals surface area (Å²) in [6.45, 7) is 3.90. The van der Waals surface area contributed by atoms with E-state index in [1.54, 1.807) is 0 Å². The first-order chi connectivity index (χ1) is 4.61. The smallest absolute Gasteiger partial charge is 0.223 e. The van der Waals surface area contributed by atoms with Gasteiger partial charge in [-0.25, -0.2) is 9.97 Å². The van der Waals surface area contributed by atoms with E-state index >= 15 is 0 Å². The number of hydrogen-bond acceptors (Lipinski definition) is 2. The largest absolute Gasteiger partial charge is 0.223 e. The molecule has 0 aliphatic heterocycles. The molecule has 0 saturated heterocycles. The summed E-state index contributed by atoms with van der Waals surface area (Å²) in [4.78, 5) is 7.96. The van der Waals surface area contributed by atoms with Gasteiger partial charge < -0.3 is 0 Å². The van der Waals surface area contributed by atoms with E-state index in [0.29, 0.717) is 5.28 Å². The van der Waals surface area contributed by atoms with Crippen LogP contribution in [0.15, 0.2) is 0 Å². The summed E-state index contributed by atoms with van der Waals surface area (Å²) in [5.74, 6) is 0. The van der Waals surface area contributed by atoms with Gasteiger partial charge in [-0.1, -0.05) is 0 Å². The molecule has 4 heteroatoms. The average molecular weight is 268 g/mol. The number of aromatic nitrogens is 2. The van der Waals surface area contributed by atoms with Crippen molar-refractivity contribution in [3.63, 3.8) is 0 Å². The zero-order chi connectivity index (χ0) is 7.72. The minimum absolute atomic E-state index is 0.326. The normalized spacial score (nSPS) is 10.0. The highest BCUT2D eigenvalue weighted by Gasteiger charge is 2.01. The predicted molar refractivity (Wildman–Crippen MR) is 49.2 cm³/mol. The van der Waals surface area contributed by atoms with Crippen LogP contribution in [0.3, 0.4) is 0 Å². The summed E-state index contributed by atoms with van der Waals surface area (Å²) in [5.41, 5.74) is 2.05. The van der Waals surface area contributed by atoms with Crippen molar-refractivity contribution in [2.24, 2.45) is 0 Å². The van der Waals surface area contributed by atoms with E-state index in [1.807, 2.05) is 13.8 Å².